The van der Waals surface area contributed by atoms with Crippen LogP contribution in [-0.4, -0.2) is 89.4 Å². The molecule has 1 amide bonds. The van der Waals surface area contributed by atoms with E-state index in [1.165, 1.54) is 12.1 Å². The molecule has 3 atom stereocenters. The molecule has 3 aromatic rings. The molecule has 0 aliphatic carbocycles. The summed E-state index contributed by atoms with van der Waals surface area (Å²) in [7, 11) is 0. The minimum Gasteiger partial charge on any atom is -0.489 e. The molecule has 0 bridgehead atoms. The molecule has 4 heterocycles. The summed E-state index contributed by atoms with van der Waals surface area (Å²) >= 11 is 13.0. The SMILES string of the molecule is C=CC(=O)N1C[C@H](C)N(c2nc(=O)n3c4c(c(-c5cc(Cl)c(F)cc5F)c(Cl)cc24)OC[C@@H](N2CCOCC2)C3)C[C@H]1C. The second kappa shape index (κ2) is 11.7. The van der Waals surface area contributed by atoms with Gasteiger partial charge in [0.2, 0.25) is 5.91 Å². The molecule has 43 heavy (non-hydrogen) atoms. The first-order chi connectivity index (χ1) is 20.6. The highest BCUT2D eigenvalue weighted by Crippen LogP contribution is 2.46. The van der Waals surface area contributed by atoms with Gasteiger partial charge >= 0.3 is 5.69 Å². The van der Waals surface area contributed by atoms with Crippen LogP contribution in [0.15, 0.2) is 35.6 Å². The van der Waals surface area contributed by atoms with Crippen LogP contribution in [0.2, 0.25) is 10.0 Å². The average molecular weight is 635 g/mol. The normalized spacial score (nSPS) is 22.8. The lowest BCUT2D eigenvalue weighted by atomic mass is 10.00. The molecule has 228 valence electrons. The largest absolute Gasteiger partial charge is 0.489 e. The summed E-state index contributed by atoms with van der Waals surface area (Å²) in [6, 6.07) is 2.92. The van der Waals surface area contributed by atoms with Crippen LogP contribution in [0.4, 0.5) is 14.6 Å². The Morgan fingerprint density at radius 3 is 2.51 bits per heavy atom. The molecule has 1 aromatic heterocycles. The first-order valence-corrected chi connectivity index (χ1v) is 14.9. The summed E-state index contributed by atoms with van der Waals surface area (Å²) < 4.78 is 43.0. The first-order valence-electron chi connectivity index (χ1n) is 14.1. The molecule has 0 N–H and O–H groups in total. The van der Waals surface area contributed by atoms with E-state index in [2.05, 4.69) is 16.5 Å². The Labute approximate surface area is 257 Å². The summed E-state index contributed by atoms with van der Waals surface area (Å²) in [4.78, 5) is 36.8. The second-order valence-electron chi connectivity index (χ2n) is 11.2. The number of morpholine rings is 1. The van der Waals surface area contributed by atoms with Gasteiger partial charge < -0.3 is 19.3 Å². The molecule has 3 aliphatic heterocycles. The molecule has 0 radical (unpaired) electrons. The summed E-state index contributed by atoms with van der Waals surface area (Å²) in [5.74, 6) is -1.36. The molecule has 0 unspecified atom stereocenters. The maximum absolute atomic E-state index is 15.3. The van der Waals surface area contributed by atoms with Crippen molar-refractivity contribution in [1.82, 2.24) is 19.4 Å². The fourth-order valence-electron chi connectivity index (χ4n) is 6.31. The number of carbonyl (C=O) groups excluding carboxylic acids is 1. The Morgan fingerprint density at radius 2 is 1.79 bits per heavy atom. The number of hydrogen-bond donors (Lipinski definition) is 0. The number of amides is 1. The van der Waals surface area contributed by atoms with Crippen LogP contribution in [0.5, 0.6) is 5.75 Å². The minimum atomic E-state index is -0.903. The summed E-state index contributed by atoms with van der Waals surface area (Å²) in [6.07, 6.45) is 1.29. The molecule has 6 rings (SSSR count). The Kier molecular flexibility index (Phi) is 8.10. The fourth-order valence-corrected chi connectivity index (χ4v) is 6.77. The van der Waals surface area contributed by atoms with Gasteiger partial charge in [-0.2, -0.15) is 4.98 Å². The number of piperazine rings is 1. The lowest BCUT2D eigenvalue weighted by molar-refractivity contribution is -0.128. The number of carbonyl (C=O) groups is 1. The van der Waals surface area contributed by atoms with Gasteiger partial charge in [0.05, 0.1) is 34.8 Å². The van der Waals surface area contributed by atoms with E-state index in [-0.39, 0.29) is 64.1 Å². The van der Waals surface area contributed by atoms with E-state index in [0.29, 0.717) is 62.2 Å². The van der Waals surface area contributed by atoms with Crippen molar-refractivity contribution in [2.45, 2.75) is 38.5 Å². The predicted molar refractivity (Wildman–Crippen MR) is 161 cm³/mol. The lowest BCUT2D eigenvalue weighted by Crippen LogP contribution is -2.58. The Hall–Kier alpha value is -3.25. The third-order valence-electron chi connectivity index (χ3n) is 8.52. The lowest BCUT2D eigenvalue weighted by Gasteiger charge is -2.44. The topological polar surface area (TPSA) is 80.1 Å². The van der Waals surface area contributed by atoms with Crippen molar-refractivity contribution in [2.75, 3.05) is 50.9 Å². The van der Waals surface area contributed by atoms with Gasteiger partial charge in [0.25, 0.3) is 0 Å². The number of benzene rings is 2. The van der Waals surface area contributed by atoms with Gasteiger partial charge in [0.15, 0.2) is 5.75 Å². The van der Waals surface area contributed by atoms with Crippen LogP contribution in [0.3, 0.4) is 0 Å². The Morgan fingerprint density at radius 1 is 1.05 bits per heavy atom. The van der Waals surface area contributed by atoms with Crippen LogP contribution in [0.1, 0.15) is 13.8 Å². The van der Waals surface area contributed by atoms with Gasteiger partial charge in [-0.15, -0.1) is 0 Å². The van der Waals surface area contributed by atoms with Crippen molar-refractivity contribution in [3.63, 3.8) is 0 Å². The Bertz CT molecular complexity index is 1680. The zero-order chi connectivity index (χ0) is 30.6. The Balaban J connectivity index is 1.56. The average Bonchev–Trinajstić information content (AvgIpc) is 3.19. The molecule has 13 heteroatoms. The van der Waals surface area contributed by atoms with Crippen molar-refractivity contribution in [3.8, 4) is 16.9 Å². The van der Waals surface area contributed by atoms with Gasteiger partial charge in [-0.05, 0) is 32.1 Å². The number of aromatic nitrogens is 2. The number of hydrogen-bond acceptors (Lipinski definition) is 7. The highest BCUT2D eigenvalue weighted by atomic mass is 35.5. The number of rotatable bonds is 4. The molecule has 2 fully saturated rings. The fraction of sp³-hybridized carbons (Fsp3) is 0.433. The number of anilines is 1. The van der Waals surface area contributed by atoms with Gasteiger partial charge in [0, 0.05) is 67.4 Å². The highest BCUT2D eigenvalue weighted by Gasteiger charge is 2.36. The van der Waals surface area contributed by atoms with Gasteiger partial charge in [0.1, 0.15) is 24.1 Å². The third kappa shape index (κ3) is 5.26. The zero-order valence-corrected chi connectivity index (χ0v) is 25.3. The number of nitrogens with zero attached hydrogens (tertiary/aromatic N) is 5. The molecule has 0 saturated carbocycles. The molecule has 9 nitrogen and oxygen atoms in total. The summed E-state index contributed by atoms with van der Waals surface area (Å²) in [6.45, 7) is 11.2. The van der Waals surface area contributed by atoms with Crippen molar-refractivity contribution in [1.29, 1.82) is 0 Å². The van der Waals surface area contributed by atoms with E-state index < -0.39 is 17.3 Å². The predicted octanol–water partition coefficient (Wildman–Crippen LogP) is 4.35. The molecule has 3 aliphatic rings. The van der Waals surface area contributed by atoms with E-state index in [0.717, 1.165) is 0 Å². The molecule has 0 spiro atoms. The van der Waals surface area contributed by atoms with Crippen molar-refractivity contribution >= 4 is 45.8 Å². The minimum absolute atomic E-state index is 0.0472. The van der Waals surface area contributed by atoms with E-state index in [1.807, 2.05) is 18.7 Å². The summed E-state index contributed by atoms with van der Waals surface area (Å²) in [5.41, 5.74) is 0.0376. The van der Waals surface area contributed by atoms with Crippen LogP contribution in [0, 0.1) is 11.6 Å². The highest BCUT2D eigenvalue weighted by molar-refractivity contribution is 6.35. The van der Waals surface area contributed by atoms with Gasteiger partial charge in [-0.25, -0.2) is 13.6 Å². The number of ether oxygens (including phenoxy) is 2. The molecule has 2 aromatic carbocycles. The van der Waals surface area contributed by atoms with Crippen molar-refractivity contribution in [3.05, 3.63) is 63.0 Å². The quantitative estimate of drug-likeness (QED) is 0.312. The maximum Gasteiger partial charge on any atom is 0.350 e. The van der Waals surface area contributed by atoms with Crippen LogP contribution in [-0.2, 0) is 16.1 Å². The summed E-state index contributed by atoms with van der Waals surface area (Å²) in [5, 5.41) is 0.396. The molecule has 2 saturated heterocycles. The van der Waals surface area contributed by atoms with Crippen molar-refractivity contribution < 1.29 is 23.0 Å². The second-order valence-corrected chi connectivity index (χ2v) is 12.0. The van der Waals surface area contributed by atoms with E-state index in [9.17, 15) is 14.0 Å². The number of halogens is 4. The van der Waals surface area contributed by atoms with E-state index in [1.54, 1.807) is 15.5 Å². The van der Waals surface area contributed by atoms with Crippen LogP contribution >= 0.6 is 23.2 Å². The molecular weight excluding hydrogens is 603 g/mol. The third-order valence-corrected chi connectivity index (χ3v) is 9.11. The van der Waals surface area contributed by atoms with E-state index >= 15 is 4.39 Å². The monoisotopic (exact) mass is 633 g/mol. The standard InChI is InChI=1S/C30H31Cl2F2N5O4/c1-4-25(40)37-12-17(3)38(13-16(37)2)29-20-10-22(32)26(19-9-21(31)24(34)11-23(19)33)28-27(20)39(30(41)35-29)14-18(15-43-28)36-5-7-42-8-6-36/h4,9-11,16-18H,1,5-8,12-15H2,2-3H3/t16-,17+,18+/m1/s1. The van der Waals surface area contributed by atoms with Gasteiger partial charge in [-0.3, -0.25) is 14.3 Å². The van der Waals surface area contributed by atoms with Gasteiger partial charge in [-0.1, -0.05) is 29.8 Å². The van der Waals surface area contributed by atoms with E-state index in [4.69, 9.17) is 32.7 Å². The van der Waals surface area contributed by atoms with Crippen LogP contribution < -0.4 is 15.3 Å². The molecular formula is C30H31Cl2F2N5O4. The smallest absolute Gasteiger partial charge is 0.350 e. The first kappa shape index (κ1) is 29.8. The maximum atomic E-state index is 15.3. The van der Waals surface area contributed by atoms with Crippen molar-refractivity contribution in [2.24, 2.45) is 0 Å². The zero-order valence-electron chi connectivity index (χ0n) is 23.8. The van der Waals surface area contributed by atoms with Crippen LogP contribution in [0.25, 0.3) is 22.0 Å².